The van der Waals surface area contributed by atoms with E-state index in [2.05, 4.69) is 20.6 Å². The summed E-state index contributed by atoms with van der Waals surface area (Å²) in [6, 6.07) is 0.0974. The second kappa shape index (κ2) is 8.56. The number of fused-ring (bicyclic) bond motifs is 1. The highest BCUT2D eigenvalue weighted by Crippen LogP contribution is 2.41. The molecule has 2 aliphatic carbocycles. The van der Waals surface area contributed by atoms with Gasteiger partial charge in [-0.2, -0.15) is 10.6 Å². The number of hydrogen-bond acceptors (Lipinski definition) is 8. The molecule has 33 heavy (non-hydrogen) atoms. The van der Waals surface area contributed by atoms with Crippen molar-refractivity contribution in [2.45, 2.75) is 81.3 Å². The van der Waals surface area contributed by atoms with Gasteiger partial charge < -0.3 is 10.1 Å². The number of hydrazone groups is 1. The molecule has 11 nitrogen and oxygen atoms in total. The van der Waals surface area contributed by atoms with Crippen LogP contribution in [0, 0.1) is 11.8 Å². The minimum atomic E-state index is -3.56. The highest BCUT2D eigenvalue weighted by atomic mass is 32.2. The minimum Gasteiger partial charge on any atom is -0.377 e. The number of amides is 2. The van der Waals surface area contributed by atoms with Gasteiger partial charge in [0.15, 0.2) is 0 Å². The maximum atomic E-state index is 13.4. The molecule has 5 aliphatic rings. The van der Waals surface area contributed by atoms with Crippen molar-refractivity contribution in [3.63, 3.8) is 0 Å². The van der Waals surface area contributed by atoms with E-state index < -0.39 is 21.2 Å². The van der Waals surface area contributed by atoms with Crippen molar-refractivity contribution in [1.82, 2.24) is 20.5 Å². The molecule has 0 radical (unpaired) electrons. The normalized spacial score (nSPS) is 36.1. The third-order valence-electron chi connectivity index (χ3n) is 7.42. The van der Waals surface area contributed by atoms with Crippen molar-refractivity contribution in [2.75, 3.05) is 19.8 Å². The van der Waals surface area contributed by atoms with Crippen LogP contribution >= 0.6 is 0 Å². The van der Waals surface area contributed by atoms with E-state index in [1.165, 1.54) is 5.01 Å². The molecule has 2 saturated heterocycles. The third-order valence-corrected chi connectivity index (χ3v) is 9.50. The van der Waals surface area contributed by atoms with Crippen LogP contribution in [0.4, 0.5) is 0 Å². The van der Waals surface area contributed by atoms with Gasteiger partial charge in [0, 0.05) is 23.4 Å². The van der Waals surface area contributed by atoms with E-state index in [-0.39, 0.29) is 54.4 Å². The van der Waals surface area contributed by atoms with Crippen molar-refractivity contribution in [3.8, 4) is 0 Å². The molecule has 3 heterocycles. The van der Waals surface area contributed by atoms with Crippen molar-refractivity contribution in [3.05, 3.63) is 0 Å². The maximum Gasteiger partial charge on any atom is 0.268 e. The number of hydrogen-bond donors (Lipinski definition) is 3. The third kappa shape index (κ3) is 4.81. The van der Waals surface area contributed by atoms with Crippen LogP contribution in [-0.2, 0) is 29.2 Å². The molecule has 0 aromatic heterocycles. The van der Waals surface area contributed by atoms with E-state index in [0.29, 0.717) is 38.2 Å². The Balaban J connectivity index is 1.36. The lowest BCUT2D eigenvalue weighted by molar-refractivity contribution is -0.141. The topological polar surface area (TPSA) is 138 Å². The van der Waals surface area contributed by atoms with Crippen LogP contribution < -0.4 is 15.5 Å². The summed E-state index contributed by atoms with van der Waals surface area (Å²) in [6.07, 6.45) is 3.14. The van der Waals surface area contributed by atoms with E-state index in [9.17, 15) is 18.0 Å². The highest BCUT2D eigenvalue weighted by Gasteiger charge is 2.50. The average Bonchev–Trinajstić information content (AvgIpc) is 3.30. The molecule has 3 aliphatic heterocycles. The Morgan fingerprint density at radius 3 is 2.61 bits per heavy atom. The number of sulfonamides is 1. The zero-order valence-corrected chi connectivity index (χ0v) is 19.9. The van der Waals surface area contributed by atoms with Gasteiger partial charge in [-0.1, -0.05) is 0 Å². The second-order valence-corrected chi connectivity index (χ2v) is 12.4. The van der Waals surface area contributed by atoms with Crippen molar-refractivity contribution >= 4 is 27.5 Å². The molecule has 5 atom stereocenters. The Labute approximate surface area is 194 Å². The lowest BCUT2D eigenvalue weighted by Gasteiger charge is -2.41. The van der Waals surface area contributed by atoms with Crippen LogP contribution in [0.15, 0.2) is 5.10 Å². The van der Waals surface area contributed by atoms with Crippen LogP contribution in [0.25, 0.3) is 0 Å². The Morgan fingerprint density at radius 1 is 1.24 bits per heavy atom. The van der Waals surface area contributed by atoms with Gasteiger partial charge >= 0.3 is 0 Å². The molecule has 2 saturated carbocycles. The fourth-order valence-electron chi connectivity index (χ4n) is 5.11. The molecule has 0 aromatic rings. The Morgan fingerprint density at radius 2 is 2.00 bits per heavy atom. The Hall–Kier alpha value is -1.60. The van der Waals surface area contributed by atoms with E-state index in [0.717, 1.165) is 12.8 Å². The van der Waals surface area contributed by atoms with Gasteiger partial charge in [0.1, 0.15) is 11.8 Å². The van der Waals surface area contributed by atoms with Gasteiger partial charge in [0.25, 0.3) is 5.91 Å². The predicted molar refractivity (Wildman–Crippen MR) is 118 cm³/mol. The van der Waals surface area contributed by atoms with Gasteiger partial charge in [-0.25, -0.2) is 18.1 Å². The fourth-order valence-corrected chi connectivity index (χ4v) is 7.07. The molecular weight excluding hydrogens is 450 g/mol. The number of nitrogens with one attached hydrogen (secondary N) is 3. The van der Waals surface area contributed by atoms with Gasteiger partial charge in [-0.05, 0) is 52.4 Å². The zero-order valence-electron chi connectivity index (χ0n) is 19.1. The molecular formula is C21H33N5O6S. The summed E-state index contributed by atoms with van der Waals surface area (Å²) >= 11 is 0. The number of nitrogens with zero attached hydrogens (tertiary/aromatic N) is 2. The number of rotatable bonds is 7. The maximum absolute atomic E-state index is 13.4. The molecule has 0 aromatic carbocycles. The highest BCUT2D eigenvalue weighted by molar-refractivity contribution is 7.90. The largest absolute Gasteiger partial charge is 0.377 e. The summed E-state index contributed by atoms with van der Waals surface area (Å²) in [5.41, 5.74) is 2.84. The molecule has 0 spiro atoms. The number of ether oxygens (including phenoxy) is 1. The number of carbonyl (C=O) groups is 2. The van der Waals surface area contributed by atoms with Gasteiger partial charge in [-0.15, -0.1) is 0 Å². The number of hydroxylamine groups is 1. The second-order valence-electron chi connectivity index (χ2n) is 10.5. The Kier molecular flexibility index (Phi) is 6.01. The molecule has 184 valence electrons. The average molecular weight is 484 g/mol. The van der Waals surface area contributed by atoms with Gasteiger partial charge in [0.2, 0.25) is 15.9 Å². The lowest BCUT2D eigenvalue weighted by Crippen LogP contribution is -2.57. The summed E-state index contributed by atoms with van der Waals surface area (Å²) in [7, 11) is -3.56. The first kappa shape index (κ1) is 23.2. The minimum absolute atomic E-state index is 0.0619. The molecule has 0 bridgehead atoms. The van der Waals surface area contributed by atoms with Crippen molar-refractivity contribution in [2.24, 2.45) is 16.9 Å². The van der Waals surface area contributed by atoms with E-state index >= 15 is 0 Å². The summed E-state index contributed by atoms with van der Waals surface area (Å²) in [5.74, 6) is -1.53. The van der Waals surface area contributed by atoms with Gasteiger partial charge in [0.05, 0.1) is 31.1 Å². The SMILES string of the molecule is CC1CC(CN2N=C(C(=O)NC3COC3)C3CCC(S(=O)(=O)NC4(C)CC4)CC3C2=O)ON1. The van der Waals surface area contributed by atoms with Crippen LogP contribution in [0.5, 0.6) is 0 Å². The summed E-state index contributed by atoms with van der Waals surface area (Å²) < 4.78 is 34.1. The van der Waals surface area contributed by atoms with Crippen LogP contribution in [0.2, 0.25) is 0 Å². The number of carbonyl (C=O) groups excluding carboxylic acids is 2. The van der Waals surface area contributed by atoms with E-state index in [1.54, 1.807) is 0 Å². The molecule has 5 rings (SSSR count). The first-order valence-electron chi connectivity index (χ1n) is 11.9. The first-order chi connectivity index (χ1) is 15.6. The molecule has 12 heteroatoms. The summed E-state index contributed by atoms with van der Waals surface area (Å²) in [6.45, 7) is 5.02. The van der Waals surface area contributed by atoms with Crippen molar-refractivity contribution < 1.29 is 27.6 Å². The lowest BCUT2D eigenvalue weighted by atomic mass is 9.74. The summed E-state index contributed by atoms with van der Waals surface area (Å²) in [5, 5.41) is 8.07. The molecule has 3 N–H and O–H groups in total. The first-order valence-corrected chi connectivity index (χ1v) is 13.4. The molecule has 2 amide bonds. The quantitative estimate of drug-likeness (QED) is 0.449. The van der Waals surface area contributed by atoms with Crippen LogP contribution in [0.3, 0.4) is 0 Å². The standard InChI is InChI=1S/C21H33N5O6S/c1-12-7-14(32-24-12)9-26-20(28)17-8-15(33(29,30)25-21(2)5-6-21)3-4-16(17)18(23-26)19(27)22-13-10-31-11-13/h12-17,24-25H,3-11H2,1-2H3,(H,22,27). The Bertz CT molecular complexity index is 947. The van der Waals surface area contributed by atoms with Gasteiger partial charge in [-0.3, -0.25) is 14.4 Å². The molecule has 4 fully saturated rings. The zero-order chi connectivity index (χ0) is 23.4. The van der Waals surface area contributed by atoms with Crippen LogP contribution in [0.1, 0.15) is 52.4 Å². The fraction of sp³-hybridized carbons (Fsp3) is 0.857. The molecule has 5 unspecified atom stereocenters. The monoisotopic (exact) mass is 483 g/mol. The van der Waals surface area contributed by atoms with Crippen LogP contribution in [-0.4, -0.2) is 79.7 Å². The summed E-state index contributed by atoms with van der Waals surface area (Å²) in [4.78, 5) is 32.0. The van der Waals surface area contributed by atoms with Crippen molar-refractivity contribution in [1.29, 1.82) is 0 Å². The van der Waals surface area contributed by atoms with E-state index in [1.807, 2.05) is 13.8 Å². The van der Waals surface area contributed by atoms with E-state index in [4.69, 9.17) is 9.57 Å². The predicted octanol–water partition coefficient (Wildman–Crippen LogP) is -0.362. The smallest absolute Gasteiger partial charge is 0.268 e.